The quantitative estimate of drug-likeness (QED) is 0.819. The summed E-state index contributed by atoms with van der Waals surface area (Å²) >= 11 is 0. The Kier molecular flexibility index (Phi) is 5.17. The first-order valence-electron chi connectivity index (χ1n) is 9.64. The van der Waals surface area contributed by atoms with Crippen molar-refractivity contribution in [2.75, 3.05) is 13.2 Å². The van der Waals surface area contributed by atoms with Gasteiger partial charge in [0, 0.05) is 18.6 Å². The molecule has 144 valence electrons. The molecule has 2 aliphatic rings. The minimum atomic E-state index is -0.938. The van der Waals surface area contributed by atoms with Crippen molar-refractivity contribution in [3.63, 3.8) is 0 Å². The number of hydrogen-bond acceptors (Lipinski definition) is 4. The van der Waals surface area contributed by atoms with Crippen molar-refractivity contribution >= 4 is 0 Å². The molecule has 2 heterocycles. The Bertz CT molecular complexity index is 765. The molecule has 4 nitrogen and oxygen atoms in total. The maximum absolute atomic E-state index is 13.6. The van der Waals surface area contributed by atoms with Gasteiger partial charge in [0.2, 0.25) is 0 Å². The van der Waals surface area contributed by atoms with Crippen LogP contribution >= 0.6 is 0 Å². The molecule has 27 heavy (non-hydrogen) atoms. The molecule has 3 atom stereocenters. The molecular formula is C22H26FNO3. The molecule has 2 saturated heterocycles. The van der Waals surface area contributed by atoms with Gasteiger partial charge < -0.3 is 14.9 Å². The molecule has 5 heteroatoms. The summed E-state index contributed by atoms with van der Waals surface area (Å²) in [7, 11) is 0. The second-order valence-electron chi connectivity index (χ2n) is 7.72. The van der Waals surface area contributed by atoms with Gasteiger partial charge in [-0.25, -0.2) is 4.39 Å². The van der Waals surface area contributed by atoms with Crippen molar-refractivity contribution in [2.24, 2.45) is 0 Å². The second-order valence-corrected chi connectivity index (χ2v) is 7.72. The molecule has 0 aliphatic carbocycles. The summed E-state index contributed by atoms with van der Waals surface area (Å²) in [6.07, 6.45) is 3.43. The topological polar surface area (TPSA) is 52.9 Å². The average Bonchev–Trinajstić information content (AvgIpc) is 2.91. The standard InChI is InChI=1S/C22H26FNO3/c23-18-3-1-2-17(12-18)22(26)13-19-6-7-20(14-22)24(19)15-16-4-8-21(9-5-16)27-11-10-25/h1-5,8-9,12,19-20,25-26H,6-7,10-11,13-15H2/t19-,20+,22?. The average molecular weight is 371 g/mol. The Balaban J connectivity index is 1.45. The number of benzene rings is 2. The van der Waals surface area contributed by atoms with E-state index in [0.717, 1.165) is 25.1 Å². The minimum Gasteiger partial charge on any atom is -0.491 e. The summed E-state index contributed by atoms with van der Waals surface area (Å²) in [4.78, 5) is 2.48. The first kappa shape index (κ1) is 18.4. The molecule has 0 amide bonds. The van der Waals surface area contributed by atoms with E-state index in [4.69, 9.17) is 9.84 Å². The second kappa shape index (κ2) is 7.58. The fourth-order valence-electron chi connectivity index (χ4n) is 4.65. The van der Waals surface area contributed by atoms with Gasteiger partial charge in [-0.15, -0.1) is 0 Å². The summed E-state index contributed by atoms with van der Waals surface area (Å²) in [6, 6.07) is 15.0. The predicted molar refractivity (Wildman–Crippen MR) is 101 cm³/mol. The van der Waals surface area contributed by atoms with Gasteiger partial charge >= 0.3 is 0 Å². The lowest BCUT2D eigenvalue weighted by molar-refractivity contribution is -0.0596. The number of halogens is 1. The number of fused-ring (bicyclic) bond motifs is 2. The van der Waals surface area contributed by atoms with Gasteiger partial charge in [-0.1, -0.05) is 24.3 Å². The lowest BCUT2D eigenvalue weighted by atomic mass is 9.80. The molecule has 2 aliphatic heterocycles. The third-order valence-electron chi connectivity index (χ3n) is 5.93. The smallest absolute Gasteiger partial charge is 0.123 e. The number of ether oxygens (including phenoxy) is 1. The highest BCUT2D eigenvalue weighted by Gasteiger charge is 2.48. The molecule has 0 aromatic heterocycles. The van der Waals surface area contributed by atoms with Crippen LogP contribution in [-0.2, 0) is 12.1 Å². The van der Waals surface area contributed by atoms with E-state index in [9.17, 15) is 9.50 Å². The molecule has 0 saturated carbocycles. The van der Waals surface area contributed by atoms with E-state index < -0.39 is 5.60 Å². The normalized spacial score (nSPS) is 27.7. The highest BCUT2D eigenvalue weighted by Crippen LogP contribution is 2.46. The summed E-state index contributed by atoms with van der Waals surface area (Å²) < 4.78 is 19.0. The maximum atomic E-state index is 13.6. The Labute approximate surface area is 159 Å². The lowest BCUT2D eigenvalue weighted by Crippen LogP contribution is -2.49. The minimum absolute atomic E-state index is 0.00706. The third kappa shape index (κ3) is 3.86. The van der Waals surface area contributed by atoms with Gasteiger partial charge in [0.1, 0.15) is 18.2 Å². The van der Waals surface area contributed by atoms with E-state index in [1.165, 1.54) is 17.7 Å². The number of rotatable bonds is 6. The molecule has 2 bridgehead atoms. The van der Waals surface area contributed by atoms with Gasteiger partial charge in [0.15, 0.2) is 0 Å². The van der Waals surface area contributed by atoms with E-state index >= 15 is 0 Å². The van der Waals surface area contributed by atoms with Crippen LogP contribution < -0.4 is 4.74 Å². The molecule has 2 aromatic carbocycles. The van der Waals surface area contributed by atoms with Crippen LogP contribution in [-0.4, -0.2) is 40.4 Å². The monoisotopic (exact) mass is 371 g/mol. The van der Waals surface area contributed by atoms with Crippen LogP contribution in [0.25, 0.3) is 0 Å². The fourth-order valence-corrected chi connectivity index (χ4v) is 4.65. The fraction of sp³-hybridized carbons (Fsp3) is 0.455. The first-order chi connectivity index (χ1) is 13.1. The van der Waals surface area contributed by atoms with Gasteiger partial charge in [0.25, 0.3) is 0 Å². The summed E-state index contributed by atoms with van der Waals surface area (Å²) in [5.41, 5.74) is 0.968. The third-order valence-corrected chi connectivity index (χ3v) is 5.93. The number of aliphatic hydroxyl groups is 2. The molecule has 2 aromatic rings. The predicted octanol–water partition coefficient (Wildman–Crippen LogP) is 3.21. The molecule has 2 fully saturated rings. The number of aliphatic hydroxyl groups excluding tert-OH is 1. The van der Waals surface area contributed by atoms with E-state index in [1.54, 1.807) is 6.07 Å². The highest BCUT2D eigenvalue weighted by molar-refractivity contribution is 5.29. The zero-order chi connectivity index (χ0) is 18.9. The lowest BCUT2D eigenvalue weighted by Gasteiger charge is -2.44. The van der Waals surface area contributed by atoms with Crippen molar-refractivity contribution in [1.82, 2.24) is 4.90 Å². The number of piperidine rings is 1. The zero-order valence-electron chi connectivity index (χ0n) is 15.4. The van der Waals surface area contributed by atoms with Crippen molar-refractivity contribution in [3.8, 4) is 5.75 Å². The van der Waals surface area contributed by atoms with Crippen LogP contribution in [0.3, 0.4) is 0 Å². The van der Waals surface area contributed by atoms with E-state index in [2.05, 4.69) is 17.0 Å². The van der Waals surface area contributed by atoms with E-state index in [1.807, 2.05) is 18.2 Å². The number of hydrogen-bond donors (Lipinski definition) is 2. The summed E-state index contributed by atoms with van der Waals surface area (Å²) in [6.45, 7) is 1.15. The molecule has 2 N–H and O–H groups in total. The molecule has 1 unspecified atom stereocenters. The molecule has 0 spiro atoms. The van der Waals surface area contributed by atoms with Crippen LogP contribution in [0, 0.1) is 5.82 Å². The van der Waals surface area contributed by atoms with Crippen LogP contribution in [0.15, 0.2) is 48.5 Å². The number of nitrogens with zero attached hydrogens (tertiary/aromatic N) is 1. The van der Waals surface area contributed by atoms with Gasteiger partial charge in [-0.3, -0.25) is 4.90 Å². The Morgan fingerprint density at radius 3 is 2.41 bits per heavy atom. The summed E-state index contributed by atoms with van der Waals surface area (Å²) in [5, 5.41) is 20.1. The van der Waals surface area contributed by atoms with Crippen molar-refractivity contribution in [2.45, 2.75) is 49.9 Å². The largest absolute Gasteiger partial charge is 0.491 e. The Morgan fingerprint density at radius 2 is 1.78 bits per heavy atom. The van der Waals surface area contributed by atoms with Gasteiger partial charge in [0.05, 0.1) is 12.2 Å². The van der Waals surface area contributed by atoms with Crippen molar-refractivity contribution in [1.29, 1.82) is 0 Å². The Hall–Kier alpha value is -1.95. The van der Waals surface area contributed by atoms with Crippen molar-refractivity contribution < 1.29 is 19.3 Å². The van der Waals surface area contributed by atoms with Crippen molar-refractivity contribution in [3.05, 3.63) is 65.5 Å². The molecule has 0 radical (unpaired) electrons. The Morgan fingerprint density at radius 1 is 1.07 bits per heavy atom. The van der Waals surface area contributed by atoms with Crippen LogP contribution in [0.5, 0.6) is 5.75 Å². The van der Waals surface area contributed by atoms with E-state index in [-0.39, 0.29) is 12.4 Å². The van der Waals surface area contributed by atoms with Gasteiger partial charge in [-0.2, -0.15) is 0 Å². The SMILES string of the molecule is OCCOc1ccc(CN2[C@@H]3CC[C@H]2CC(O)(c2cccc(F)c2)C3)cc1. The highest BCUT2D eigenvalue weighted by atomic mass is 19.1. The zero-order valence-corrected chi connectivity index (χ0v) is 15.4. The summed E-state index contributed by atoms with van der Waals surface area (Å²) in [5.74, 6) is 0.467. The molecule has 4 rings (SSSR count). The van der Waals surface area contributed by atoms with Crippen LogP contribution in [0.4, 0.5) is 4.39 Å². The van der Waals surface area contributed by atoms with Gasteiger partial charge in [-0.05, 0) is 61.1 Å². The van der Waals surface area contributed by atoms with E-state index in [0.29, 0.717) is 37.1 Å². The molecular weight excluding hydrogens is 345 g/mol. The van der Waals surface area contributed by atoms with Crippen LogP contribution in [0.2, 0.25) is 0 Å². The van der Waals surface area contributed by atoms with Crippen LogP contribution in [0.1, 0.15) is 36.8 Å². The first-order valence-corrected chi connectivity index (χ1v) is 9.64. The maximum Gasteiger partial charge on any atom is 0.123 e.